The summed E-state index contributed by atoms with van der Waals surface area (Å²) in [5, 5.41) is 0. The van der Waals surface area contributed by atoms with Gasteiger partial charge in [-0.3, -0.25) is 8.86 Å². The van der Waals surface area contributed by atoms with Crippen LogP contribution in [0.3, 0.4) is 0 Å². The summed E-state index contributed by atoms with van der Waals surface area (Å²) in [7, 11) is 0. The maximum atomic E-state index is 12.1. The lowest BCUT2D eigenvalue weighted by Gasteiger charge is -2.21. The van der Waals surface area contributed by atoms with Crippen LogP contribution in [0.4, 0.5) is 18.9 Å². The molecule has 3 nitrogen and oxygen atoms in total. The van der Waals surface area contributed by atoms with Crippen molar-refractivity contribution in [2.24, 2.45) is 0 Å². The quantitative estimate of drug-likeness (QED) is 0.841. The number of hydrogen-bond donors (Lipinski definition) is 1. The van der Waals surface area contributed by atoms with Crippen molar-refractivity contribution < 1.29 is 21.9 Å². The zero-order chi connectivity index (χ0) is 12.3. The summed E-state index contributed by atoms with van der Waals surface area (Å²) < 4.78 is 56.4. The minimum Gasteiger partial charge on any atom is -0.289 e. The van der Waals surface area contributed by atoms with Crippen LogP contribution in [0.15, 0.2) is 24.3 Å². The minimum absolute atomic E-state index is 0.0590. The molecular weight excluding hydrogens is 243 g/mol. The molecule has 0 aliphatic heterocycles. The fraction of sp³-hybridized carbons (Fsp3) is 0.333. The second-order valence-corrected chi connectivity index (χ2v) is 4.12. The summed E-state index contributed by atoms with van der Waals surface area (Å²) in [4.78, 5) is 0. The zero-order valence-corrected chi connectivity index (χ0v) is 9.18. The zero-order valence-electron chi connectivity index (χ0n) is 8.36. The van der Waals surface area contributed by atoms with Crippen LogP contribution in [-0.2, 0) is 11.3 Å². The van der Waals surface area contributed by atoms with Gasteiger partial charge < -0.3 is 0 Å². The molecule has 0 aliphatic rings. The summed E-state index contributed by atoms with van der Waals surface area (Å²) >= 11 is -2.69. The average molecular weight is 253 g/mol. The van der Waals surface area contributed by atoms with E-state index in [9.17, 15) is 17.4 Å². The molecule has 1 unspecified atom stereocenters. The standard InChI is InChI=1S/C9H10F3NO2S/c1-7-2-4-8(5-3-7)13(16(14)15)6-9(10,11)12/h2-5H,6H2,1H3,(H,14,15). The number of anilines is 1. The smallest absolute Gasteiger partial charge is 0.289 e. The number of halogens is 3. The highest BCUT2D eigenvalue weighted by Gasteiger charge is 2.33. The van der Waals surface area contributed by atoms with Gasteiger partial charge in [-0.15, -0.1) is 0 Å². The van der Waals surface area contributed by atoms with E-state index in [4.69, 9.17) is 4.55 Å². The Morgan fingerprint density at radius 3 is 2.19 bits per heavy atom. The van der Waals surface area contributed by atoms with Crippen molar-refractivity contribution in [2.75, 3.05) is 10.8 Å². The average Bonchev–Trinajstić information content (AvgIpc) is 2.14. The van der Waals surface area contributed by atoms with E-state index < -0.39 is 24.0 Å². The third-order valence-corrected chi connectivity index (χ3v) is 2.55. The maximum absolute atomic E-state index is 12.1. The fourth-order valence-electron chi connectivity index (χ4n) is 1.11. The van der Waals surface area contributed by atoms with Gasteiger partial charge in [0.15, 0.2) is 0 Å². The molecule has 16 heavy (non-hydrogen) atoms. The van der Waals surface area contributed by atoms with Crippen LogP contribution >= 0.6 is 0 Å². The van der Waals surface area contributed by atoms with Crippen LogP contribution in [0.25, 0.3) is 0 Å². The predicted octanol–water partition coefficient (Wildman–Crippen LogP) is 2.50. The number of rotatable bonds is 3. The van der Waals surface area contributed by atoms with E-state index in [1.165, 1.54) is 12.1 Å². The molecule has 0 heterocycles. The van der Waals surface area contributed by atoms with Crippen molar-refractivity contribution in [3.63, 3.8) is 0 Å². The first-order valence-electron chi connectivity index (χ1n) is 4.31. The van der Waals surface area contributed by atoms with Gasteiger partial charge in [0, 0.05) is 0 Å². The van der Waals surface area contributed by atoms with E-state index in [1.54, 1.807) is 19.1 Å². The van der Waals surface area contributed by atoms with Gasteiger partial charge in [-0.05, 0) is 19.1 Å². The van der Waals surface area contributed by atoms with Gasteiger partial charge in [0.1, 0.15) is 6.54 Å². The topological polar surface area (TPSA) is 40.5 Å². The Labute approximate surface area is 93.3 Å². The second kappa shape index (κ2) is 4.84. The van der Waals surface area contributed by atoms with E-state index in [0.717, 1.165) is 5.56 Å². The van der Waals surface area contributed by atoms with Crippen LogP contribution in [0, 0.1) is 6.92 Å². The number of benzene rings is 1. The van der Waals surface area contributed by atoms with Crippen molar-refractivity contribution in [2.45, 2.75) is 13.1 Å². The van der Waals surface area contributed by atoms with E-state index >= 15 is 0 Å². The van der Waals surface area contributed by atoms with Crippen molar-refractivity contribution in [1.82, 2.24) is 0 Å². The highest BCUT2D eigenvalue weighted by atomic mass is 32.2. The summed E-state index contributed by atoms with van der Waals surface area (Å²) in [6, 6.07) is 5.89. The molecule has 1 atom stereocenters. The number of nitrogens with zero attached hydrogens (tertiary/aromatic N) is 1. The maximum Gasteiger partial charge on any atom is 0.407 e. The first kappa shape index (κ1) is 13.0. The van der Waals surface area contributed by atoms with Gasteiger partial charge in [0.2, 0.25) is 0 Å². The SMILES string of the molecule is Cc1ccc(N(CC(F)(F)F)S(=O)O)cc1. The summed E-state index contributed by atoms with van der Waals surface area (Å²) in [6.07, 6.45) is -4.52. The Morgan fingerprint density at radius 2 is 1.81 bits per heavy atom. The van der Waals surface area contributed by atoms with E-state index in [0.29, 0.717) is 4.31 Å². The van der Waals surface area contributed by atoms with Crippen molar-refractivity contribution in [1.29, 1.82) is 0 Å². The van der Waals surface area contributed by atoms with E-state index in [1.807, 2.05) is 0 Å². The second-order valence-electron chi connectivity index (χ2n) is 3.22. The lowest BCUT2D eigenvalue weighted by molar-refractivity contribution is -0.117. The largest absolute Gasteiger partial charge is 0.407 e. The van der Waals surface area contributed by atoms with Crippen molar-refractivity contribution in [3.05, 3.63) is 29.8 Å². The van der Waals surface area contributed by atoms with Gasteiger partial charge in [-0.2, -0.15) is 13.2 Å². The Bertz CT molecular complexity index is 377. The van der Waals surface area contributed by atoms with Gasteiger partial charge >= 0.3 is 6.18 Å². The number of alkyl halides is 3. The molecule has 0 amide bonds. The highest BCUT2D eigenvalue weighted by molar-refractivity contribution is 7.80. The molecule has 0 radical (unpaired) electrons. The Morgan fingerprint density at radius 1 is 1.31 bits per heavy atom. The van der Waals surface area contributed by atoms with Gasteiger partial charge in [-0.1, -0.05) is 17.7 Å². The van der Waals surface area contributed by atoms with Crippen molar-refractivity contribution >= 4 is 17.0 Å². The monoisotopic (exact) mass is 253 g/mol. The molecule has 0 aromatic heterocycles. The van der Waals surface area contributed by atoms with Crippen molar-refractivity contribution in [3.8, 4) is 0 Å². The lowest BCUT2D eigenvalue weighted by atomic mass is 10.2. The molecule has 0 aliphatic carbocycles. The van der Waals surface area contributed by atoms with Crippen LogP contribution in [0.1, 0.15) is 5.56 Å². The first-order chi connectivity index (χ1) is 7.29. The number of hydrogen-bond acceptors (Lipinski definition) is 1. The first-order valence-corrected chi connectivity index (χ1v) is 5.38. The van der Waals surface area contributed by atoms with Crippen LogP contribution in [-0.4, -0.2) is 21.5 Å². The summed E-state index contributed by atoms with van der Waals surface area (Å²) in [6.45, 7) is 0.312. The fourth-order valence-corrected chi connectivity index (χ4v) is 1.67. The van der Waals surface area contributed by atoms with E-state index in [2.05, 4.69) is 0 Å². The molecule has 0 bridgehead atoms. The minimum atomic E-state index is -4.52. The molecule has 1 rings (SSSR count). The predicted molar refractivity (Wildman–Crippen MR) is 55.4 cm³/mol. The normalized spacial score (nSPS) is 13.6. The molecule has 0 saturated heterocycles. The lowest BCUT2D eigenvalue weighted by Crippen LogP contribution is -2.35. The molecule has 0 fully saturated rings. The molecule has 90 valence electrons. The van der Waals surface area contributed by atoms with Crippen LogP contribution in [0.5, 0.6) is 0 Å². The Balaban J connectivity index is 2.94. The molecule has 1 aromatic carbocycles. The van der Waals surface area contributed by atoms with Crippen LogP contribution in [0.2, 0.25) is 0 Å². The molecule has 1 aromatic rings. The third-order valence-electron chi connectivity index (χ3n) is 1.83. The summed E-state index contributed by atoms with van der Waals surface area (Å²) in [5.74, 6) is 0. The molecular formula is C9H10F3NO2S. The van der Waals surface area contributed by atoms with Gasteiger partial charge in [-0.25, -0.2) is 4.21 Å². The van der Waals surface area contributed by atoms with E-state index in [-0.39, 0.29) is 5.69 Å². The Hall–Kier alpha value is -1.08. The summed E-state index contributed by atoms with van der Waals surface area (Å²) in [5.41, 5.74) is 0.920. The third kappa shape index (κ3) is 3.82. The molecule has 0 saturated carbocycles. The van der Waals surface area contributed by atoms with Gasteiger partial charge in [0.25, 0.3) is 11.3 Å². The molecule has 1 N–H and O–H groups in total. The van der Waals surface area contributed by atoms with Gasteiger partial charge in [0.05, 0.1) is 5.69 Å². The van der Waals surface area contributed by atoms with Crippen LogP contribution < -0.4 is 4.31 Å². The molecule has 7 heteroatoms. The Kier molecular flexibility index (Phi) is 3.93. The highest BCUT2D eigenvalue weighted by Crippen LogP contribution is 2.23. The number of aryl methyl sites for hydroxylation is 1. The molecule has 0 spiro atoms.